The maximum Gasteiger partial charge on any atom is 0.247 e. The van der Waals surface area contributed by atoms with E-state index in [9.17, 15) is 8.42 Å². The Kier molecular flexibility index (Phi) is 5.17. The highest BCUT2D eigenvalue weighted by molar-refractivity contribution is 7.89. The summed E-state index contributed by atoms with van der Waals surface area (Å²) in [6, 6.07) is 13.7. The summed E-state index contributed by atoms with van der Waals surface area (Å²) >= 11 is 5.84. The Balaban J connectivity index is 1.62. The first-order chi connectivity index (χ1) is 11.9. The zero-order chi connectivity index (χ0) is 17.9. The Morgan fingerprint density at radius 3 is 2.60 bits per heavy atom. The highest BCUT2D eigenvalue weighted by atomic mass is 35.5. The molecule has 6 nitrogen and oxygen atoms in total. The molecular formula is C17H16ClN3O3S. The normalized spacial score (nSPS) is 11.6. The van der Waals surface area contributed by atoms with E-state index in [2.05, 4.69) is 14.9 Å². The third-order valence-electron chi connectivity index (χ3n) is 3.49. The van der Waals surface area contributed by atoms with Gasteiger partial charge in [-0.1, -0.05) is 23.7 Å². The van der Waals surface area contributed by atoms with Gasteiger partial charge in [0.1, 0.15) is 0 Å². The number of hydrogen-bond acceptors (Lipinski definition) is 5. The first kappa shape index (κ1) is 17.6. The van der Waals surface area contributed by atoms with Crippen molar-refractivity contribution in [1.82, 2.24) is 14.9 Å². The van der Waals surface area contributed by atoms with E-state index in [0.29, 0.717) is 23.2 Å². The summed E-state index contributed by atoms with van der Waals surface area (Å²) < 4.78 is 32.6. The molecular weight excluding hydrogens is 362 g/mol. The largest absolute Gasteiger partial charge is 0.421 e. The number of benzene rings is 2. The standard InChI is InChI=1S/C17H16ClN3O3S/c1-12-3-2-4-15(11-12)25(22,23)19-10-9-16-20-21-17(24-16)13-5-7-14(18)8-6-13/h2-8,11,19H,9-10H2,1H3. The van der Waals surface area contributed by atoms with E-state index in [1.165, 1.54) is 0 Å². The Bertz CT molecular complexity index is 969. The quantitative estimate of drug-likeness (QED) is 0.712. The van der Waals surface area contributed by atoms with Crippen molar-refractivity contribution in [3.05, 3.63) is 65.0 Å². The average Bonchev–Trinajstić information content (AvgIpc) is 3.04. The molecule has 1 N–H and O–H groups in total. The number of aryl methyl sites for hydroxylation is 1. The summed E-state index contributed by atoms with van der Waals surface area (Å²) in [5.74, 6) is 0.727. The summed E-state index contributed by atoms with van der Waals surface area (Å²) in [4.78, 5) is 0.236. The predicted octanol–water partition coefficient (Wildman–Crippen LogP) is 3.22. The molecule has 2 aromatic carbocycles. The van der Waals surface area contributed by atoms with E-state index in [1.807, 2.05) is 13.0 Å². The van der Waals surface area contributed by atoms with E-state index < -0.39 is 10.0 Å². The van der Waals surface area contributed by atoms with E-state index in [-0.39, 0.29) is 11.4 Å². The topological polar surface area (TPSA) is 85.1 Å². The number of halogens is 1. The van der Waals surface area contributed by atoms with Gasteiger partial charge < -0.3 is 4.42 Å². The average molecular weight is 378 g/mol. The smallest absolute Gasteiger partial charge is 0.247 e. The highest BCUT2D eigenvalue weighted by Gasteiger charge is 2.14. The summed E-state index contributed by atoms with van der Waals surface area (Å²) in [7, 11) is -3.56. The van der Waals surface area contributed by atoms with Gasteiger partial charge in [0, 0.05) is 23.6 Å². The van der Waals surface area contributed by atoms with Crippen molar-refractivity contribution in [2.75, 3.05) is 6.54 Å². The second kappa shape index (κ2) is 7.35. The zero-order valence-electron chi connectivity index (χ0n) is 13.4. The minimum Gasteiger partial charge on any atom is -0.421 e. The first-order valence-corrected chi connectivity index (χ1v) is 9.45. The molecule has 3 rings (SSSR count). The van der Waals surface area contributed by atoms with Gasteiger partial charge in [0.15, 0.2) is 0 Å². The molecule has 0 aliphatic carbocycles. The molecule has 0 amide bonds. The van der Waals surface area contributed by atoms with Gasteiger partial charge in [-0.05, 0) is 48.9 Å². The number of rotatable bonds is 6. The van der Waals surface area contributed by atoms with Crippen LogP contribution in [0.15, 0.2) is 57.8 Å². The molecule has 0 aliphatic heterocycles. The van der Waals surface area contributed by atoms with Crippen molar-refractivity contribution in [1.29, 1.82) is 0 Å². The SMILES string of the molecule is Cc1cccc(S(=O)(=O)NCCc2nnc(-c3ccc(Cl)cc3)o2)c1. The third-order valence-corrected chi connectivity index (χ3v) is 5.20. The molecule has 0 saturated carbocycles. The lowest BCUT2D eigenvalue weighted by Crippen LogP contribution is -2.26. The fraction of sp³-hybridized carbons (Fsp3) is 0.176. The van der Waals surface area contributed by atoms with E-state index >= 15 is 0 Å². The van der Waals surface area contributed by atoms with Gasteiger partial charge in [-0.25, -0.2) is 13.1 Å². The van der Waals surface area contributed by atoms with Crippen LogP contribution in [-0.2, 0) is 16.4 Å². The van der Waals surface area contributed by atoms with Crippen molar-refractivity contribution in [3.63, 3.8) is 0 Å². The number of nitrogens with zero attached hydrogens (tertiary/aromatic N) is 2. The molecule has 3 aromatic rings. The third kappa shape index (κ3) is 4.45. The van der Waals surface area contributed by atoms with Crippen LogP contribution in [0.25, 0.3) is 11.5 Å². The van der Waals surface area contributed by atoms with Crippen LogP contribution in [0, 0.1) is 6.92 Å². The summed E-state index contributed by atoms with van der Waals surface area (Å²) in [5.41, 5.74) is 1.64. The van der Waals surface area contributed by atoms with E-state index in [1.54, 1.807) is 42.5 Å². The number of aromatic nitrogens is 2. The van der Waals surface area contributed by atoms with Crippen LogP contribution >= 0.6 is 11.6 Å². The Hall–Kier alpha value is -2.22. The molecule has 0 saturated heterocycles. The van der Waals surface area contributed by atoms with Gasteiger partial charge in [-0.2, -0.15) is 0 Å². The van der Waals surface area contributed by atoms with E-state index in [4.69, 9.17) is 16.0 Å². The number of nitrogens with one attached hydrogen (secondary N) is 1. The Morgan fingerprint density at radius 1 is 1.12 bits per heavy atom. The monoisotopic (exact) mass is 377 g/mol. The zero-order valence-corrected chi connectivity index (χ0v) is 15.0. The van der Waals surface area contributed by atoms with Crippen LogP contribution in [0.3, 0.4) is 0 Å². The molecule has 0 unspecified atom stereocenters. The van der Waals surface area contributed by atoms with Gasteiger partial charge in [0.2, 0.25) is 21.8 Å². The van der Waals surface area contributed by atoms with Gasteiger partial charge >= 0.3 is 0 Å². The fourth-order valence-corrected chi connectivity index (χ4v) is 3.48. The van der Waals surface area contributed by atoms with Crippen molar-refractivity contribution in [2.45, 2.75) is 18.2 Å². The minimum absolute atomic E-state index is 0.165. The fourth-order valence-electron chi connectivity index (χ4n) is 2.22. The molecule has 0 aliphatic rings. The highest BCUT2D eigenvalue weighted by Crippen LogP contribution is 2.20. The molecule has 0 atom stereocenters. The summed E-state index contributed by atoms with van der Waals surface area (Å²) in [6.45, 7) is 2.01. The van der Waals surface area contributed by atoms with Gasteiger partial charge in [0.05, 0.1) is 4.90 Å². The number of hydrogen-bond donors (Lipinski definition) is 1. The molecule has 0 fully saturated rings. The molecule has 1 aromatic heterocycles. The predicted molar refractivity (Wildman–Crippen MR) is 94.8 cm³/mol. The van der Waals surface area contributed by atoms with Crippen LogP contribution in [0.5, 0.6) is 0 Å². The van der Waals surface area contributed by atoms with Crippen LogP contribution in [-0.4, -0.2) is 25.2 Å². The lowest BCUT2D eigenvalue weighted by molar-refractivity contribution is 0.502. The van der Waals surface area contributed by atoms with Gasteiger partial charge in [0.25, 0.3) is 0 Å². The van der Waals surface area contributed by atoms with Crippen molar-refractivity contribution >= 4 is 21.6 Å². The molecule has 0 spiro atoms. The lowest BCUT2D eigenvalue weighted by atomic mass is 10.2. The first-order valence-electron chi connectivity index (χ1n) is 7.59. The molecule has 8 heteroatoms. The summed E-state index contributed by atoms with van der Waals surface area (Å²) in [6.07, 6.45) is 0.297. The maximum absolute atomic E-state index is 12.2. The van der Waals surface area contributed by atoms with E-state index in [0.717, 1.165) is 11.1 Å². The second-order valence-corrected chi connectivity index (χ2v) is 7.68. The molecule has 1 heterocycles. The van der Waals surface area contributed by atoms with Gasteiger partial charge in [-0.3, -0.25) is 0 Å². The molecule has 0 radical (unpaired) electrons. The minimum atomic E-state index is -3.56. The molecule has 130 valence electrons. The lowest BCUT2D eigenvalue weighted by Gasteiger charge is -2.06. The van der Waals surface area contributed by atoms with Crippen molar-refractivity contribution < 1.29 is 12.8 Å². The van der Waals surface area contributed by atoms with Crippen molar-refractivity contribution in [3.8, 4) is 11.5 Å². The molecule has 25 heavy (non-hydrogen) atoms. The molecule has 0 bridgehead atoms. The van der Waals surface area contributed by atoms with Crippen LogP contribution in [0.1, 0.15) is 11.5 Å². The van der Waals surface area contributed by atoms with Crippen LogP contribution < -0.4 is 4.72 Å². The summed E-state index contributed by atoms with van der Waals surface area (Å²) in [5, 5.41) is 8.52. The Morgan fingerprint density at radius 2 is 1.88 bits per heavy atom. The van der Waals surface area contributed by atoms with Crippen LogP contribution in [0.2, 0.25) is 5.02 Å². The van der Waals surface area contributed by atoms with Gasteiger partial charge in [-0.15, -0.1) is 10.2 Å². The maximum atomic E-state index is 12.2. The van der Waals surface area contributed by atoms with Crippen LogP contribution in [0.4, 0.5) is 0 Å². The Labute approximate surface area is 150 Å². The second-order valence-electron chi connectivity index (χ2n) is 5.47. The number of sulfonamides is 1. The van der Waals surface area contributed by atoms with Crippen molar-refractivity contribution in [2.24, 2.45) is 0 Å².